The lowest BCUT2D eigenvalue weighted by molar-refractivity contribution is -0.870. The zero-order valence-electron chi connectivity index (χ0n) is 37.3. The molecule has 0 bridgehead atoms. The average molecular weight is 860 g/mol. The van der Waals surface area contributed by atoms with Crippen LogP contribution < -0.4 is 4.89 Å². The van der Waals surface area contributed by atoms with Crippen LogP contribution in [0.3, 0.4) is 0 Å². The molecule has 1 unspecified atom stereocenters. The molecule has 0 heterocycles. The summed E-state index contributed by atoms with van der Waals surface area (Å²) in [7, 11) is 1.00. The van der Waals surface area contributed by atoms with Crippen molar-refractivity contribution in [1.82, 2.24) is 0 Å². The Hall–Kier alpha value is -3.41. The molecule has 0 aliphatic rings. The number of ether oxygens (including phenoxy) is 2. The summed E-state index contributed by atoms with van der Waals surface area (Å²) in [5.74, 6) is -1.08. The molecule has 12 heteroatoms. The molecule has 0 radical (unpaired) electrons. The van der Waals surface area contributed by atoms with E-state index >= 15 is 0 Å². The minimum absolute atomic E-state index is 0.0752. The summed E-state index contributed by atoms with van der Waals surface area (Å²) in [6, 6.07) is 0. The predicted octanol–water partition coefficient (Wildman–Crippen LogP) is 9.66. The van der Waals surface area contributed by atoms with E-state index in [0.717, 1.165) is 38.5 Å². The van der Waals surface area contributed by atoms with Crippen molar-refractivity contribution in [2.75, 3.05) is 47.5 Å². The number of unbranched alkanes of at least 4 members (excludes halogenated alkanes) is 6. The average Bonchev–Trinajstić information content (AvgIpc) is 3.19. The summed E-state index contributed by atoms with van der Waals surface area (Å²) >= 11 is 0. The molecule has 0 rings (SSSR count). The van der Waals surface area contributed by atoms with Crippen molar-refractivity contribution in [2.45, 2.75) is 135 Å². The molecular formula is C48H78NO10P. The molecule has 340 valence electrons. The van der Waals surface area contributed by atoms with Crippen LogP contribution in [0, 0.1) is 0 Å². The minimum Gasteiger partial charge on any atom is -0.756 e. The van der Waals surface area contributed by atoms with Gasteiger partial charge in [0.1, 0.15) is 19.8 Å². The molecule has 0 fully saturated rings. The van der Waals surface area contributed by atoms with Gasteiger partial charge in [-0.3, -0.25) is 14.2 Å². The van der Waals surface area contributed by atoms with Gasteiger partial charge in [0.25, 0.3) is 7.82 Å². The Morgan fingerprint density at radius 1 is 0.650 bits per heavy atom. The number of phosphoric ester groups is 1. The molecule has 2 N–H and O–H groups in total. The first-order valence-corrected chi connectivity index (χ1v) is 23.3. The SMILES string of the molecule is CC/C=C\C[C@@H](O)/C=C/C=C\C/C=C\C=C\[C@@H](O)/C=C\CCCC(=O)OC[C@H](COP(=O)([O-])OCC[N+](C)(C)C)OC(=O)CCCC/C=C\C/C=C\C/C=C\CCCCC. The van der Waals surface area contributed by atoms with Gasteiger partial charge < -0.3 is 38.1 Å². The van der Waals surface area contributed by atoms with Gasteiger partial charge in [-0.15, -0.1) is 0 Å². The number of allylic oxidation sites excluding steroid dienone is 14. The van der Waals surface area contributed by atoms with Crippen LogP contribution in [-0.4, -0.2) is 92.5 Å². The highest BCUT2D eigenvalue weighted by Gasteiger charge is 2.21. The third kappa shape index (κ3) is 41.3. The van der Waals surface area contributed by atoms with Crippen molar-refractivity contribution in [3.63, 3.8) is 0 Å². The number of carbonyl (C=O) groups is 2. The van der Waals surface area contributed by atoms with E-state index in [1.165, 1.54) is 19.3 Å². The van der Waals surface area contributed by atoms with Gasteiger partial charge in [0, 0.05) is 12.8 Å². The lowest BCUT2D eigenvalue weighted by Crippen LogP contribution is -2.37. The van der Waals surface area contributed by atoms with Crippen molar-refractivity contribution in [3.05, 3.63) is 109 Å². The molecule has 0 saturated carbocycles. The molecule has 60 heavy (non-hydrogen) atoms. The van der Waals surface area contributed by atoms with Gasteiger partial charge in [-0.05, 0) is 77.0 Å². The maximum absolute atomic E-state index is 12.7. The van der Waals surface area contributed by atoms with E-state index in [1.807, 2.05) is 63.7 Å². The smallest absolute Gasteiger partial charge is 0.306 e. The Balaban J connectivity index is 4.70. The monoisotopic (exact) mass is 860 g/mol. The summed E-state index contributed by atoms with van der Waals surface area (Å²) in [4.78, 5) is 37.5. The minimum atomic E-state index is -4.69. The number of phosphoric acid groups is 1. The Kier molecular flexibility index (Phi) is 36.3. The molecule has 0 spiro atoms. The topological polar surface area (TPSA) is 152 Å². The van der Waals surface area contributed by atoms with Crippen LogP contribution >= 0.6 is 7.82 Å². The molecule has 11 nitrogen and oxygen atoms in total. The highest BCUT2D eigenvalue weighted by atomic mass is 31.2. The van der Waals surface area contributed by atoms with Gasteiger partial charge in [0.2, 0.25) is 0 Å². The second-order valence-corrected chi connectivity index (χ2v) is 16.8. The van der Waals surface area contributed by atoms with E-state index in [2.05, 4.69) is 50.3 Å². The molecule has 0 amide bonds. The maximum atomic E-state index is 12.7. The summed E-state index contributed by atoms with van der Waals surface area (Å²) < 4.78 is 33.6. The Morgan fingerprint density at radius 2 is 1.25 bits per heavy atom. The largest absolute Gasteiger partial charge is 0.756 e. The van der Waals surface area contributed by atoms with E-state index in [0.29, 0.717) is 43.1 Å². The van der Waals surface area contributed by atoms with E-state index in [9.17, 15) is 29.3 Å². The van der Waals surface area contributed by atoms with Crippen LogP contribution in [0.4, 0.5) is 0 Å². The number of nitrogens with zero attached hydrogens (tertiary/aromatic N) is 1. The number of hydrogen-bond donors (Lipinski definition) is 2. The number of aliphatic hydroxyl groups is 2. The van der Waals surface area contributed by atoms with Crippen LogP contribution in [0.2, 0.25) is 0 Å². The first-order chi connectivity index (χ1) is 28.8. The van der Waals surface area contributed by atoms with Crippen LogP contribution in [0.1, 0.15) is 117 Å². The maximum Gasteiger partial charge on any atom is 0.306 e. The highest BCUT2D eigenvalue weighted by Crippen LogP contribution is 2.38. The Labute approximate surface area is 362 Å². The molecule has 0 aromatic carbocycles. The zero-order chi connectivity index (χ0) is 44.6. The quantitative estimate of drug-likeness (QED) is 0.0154. The first kappa shape index (κ1) is 56.6. The van der Waals surface area contributed by atoms with E-state index < -0.39 is 44.7 Å². The number of rotatable bonds is 37. The predicted molar refractivity (Wildman–Crippen MR) is 243 cm³/mol. The second kappa shape index (κ2) is 38.5. The van der Waals surface area contributed by atoms with Gasteiger partial charge in [-0.1, -0.05) is 136 Å². The van der Waals surface area contributed by atoms with Crippen molar-refractivity contribution in [1.29, 1.82) is 0 Å². The first-order valence-electron chi connectivity index (χ1n) is 21.8. The standard InChI is InChI=1S/C48H78NO10P/c1-6-8-10-11-12-13-14-15-16-17-18-19-23-26-32-39-48(53)59-46(43-58-60(54,55)57-41-40-49(3,4)5)42-56-47(52)38-33-27-31-37-45(51)36-30-25-22-20-21-24-29-35-44(50)34-28-9-7-2/h9,12-13,15-16,18-19,21-22,24-25,28-31,35-37,44-46,50-51H,6-8,10-11,14,17,20,23,26-27,32-34,38-43H2,1-5H3/b13-12-,16-15-,19-18-,24-21-,25-22-,28-9-,35-29+,36-30+,37-31-/t44-,45-,46-/m1/s1. The van der Waals surface area contributed by atoms with Crippen LogP contribution in [0.25, 0.3) is 0 Å². The summed E-state index contributed by atoms with van der Waals surface area (Å²) in [6.07, 6.45) is 44.8. The second-order valence-electron chi connectivity index (χ2n) is 15.4. The molecule has 0 aromatic rings. The highest BCUT2D eigenvalue weighted by molar-refractivity contribution is 7.45. The van der Waals surface area contributed by atoms with Crippen LogP contribution in [0.15, 0.2) is 109 Å². The van der Waals surface area contributed by atoms with Crippen LogP contribution in [-0.2, 0) is 32.7 Å². The van der Waals surface area contributed by atoms with Crippen molar-refractivity contribution in [3.8, 4) is 0 Å². The van der Waals surface area contributed by atoms with Crippen molar-refractivity contribution < 1.29 is 52.3 Å². The molecule has 0 saturated heterocycles. The van der Waals surface area contributed by atoms with Crippen molar-refractivity contribution in [2.24, 2.45) is 0 Å². The number of aliphatic hydroxyl groups excluding tert-OH is 2. The fourth-order valence-electron chi connectivity index (χ4n) is 4.99. The Morgan fingerprint density at radius 3 is 1.90 bits per heavy atom. The normalized spacial score (nSPS) is 15.7. The van der Waals surface area contributed by atoms with E-state index in [1.54, 1.807) is 30.4 Å². The van der Waals surface area contributed by atoms with E-state index in [-0.39, 0.29) is 26.1 Å². The lowest BCUT2D eigenvalue weighted by Gasteiger charge is -2.28. The van der Waals surface area contributed by atoms with Gasteiger partial charge in [-0.25, -0.2) is 0 Å². The third-order valence-electron chi connectivity index (χ3n) is 8.45. The number of hydrogen-bond acceptors (Lipinski definition) is 10. The number of likely N-dealkylation sites (N-methyl/N-ethyl adjacent to an activating group) is 1. The zero-order valence-corrected chi connectivity index (χ0v) is 38.2. The summed E-state index contributed by atoms with van der Waals surface area (Å²) in [6.45, 7) is 3.70. The van der Waals surface area contributed by atoms with Gasteiger partial charge in [-0.2, -0.15) is 0 Å². The van der Waals surface area contributed by atoms with Gasteiger partial charge in [0.05, 0.1) is 40.0 Å². The molecule has 4 atom stereocenters. The molecular weight excluding hydrogens is 781 g/mol. The fourth-order valence-corrected chi connectivity index (χ4v) is 5.72. The molecule has 0 aliphatic heterocycles. The van der Waals surface area contributed by atoms with Crippen molar-refractivity contribution >= 4 is 19.8 Å². The Bertz CT molecular complexity index is 1420. The molecule has 0 aromatic heterocycles. The van der Waals surface area contributed by atoms with Crippen LogP contribution in [0.5, 0.6) is 0 Å². The third-order valence-corrected chi connectivity index (χ3v) is 9.42. The number of quaternary nitrogens is 1. The van der Waals surface area contributed by atoms with E-state index in [4.69, 9.17) is 18.5 Å². The summed E-state index contributed by atoms with van der Waals surface area (Å²) in [5, 5.41) is 20.0. The molecule has 0 aliphatic carbocycles. The summed E-state index contributed by atoms with van der Waals surface area (Å²) in [5.41, 5.74) is 0. The number of esters is 2. The van der Waals surface area contributed by atoms with Gasteiger partial charge >= 0.3 is 11.9 Å². The number of carbonyl (C=O) groups excluding carboxylic acids is 2. The fraction of sp³-hybridized carbons (Fsp3) is 0.583. The lowest BCUT2D eigenvalue weighted by atomic mass is 10.1. The van der Waals surface area contributed by atoms with Gasteiger partial charge in [0.15, 0.2) is 6.10 Å².